The lowest BCUT2D eigenvalue weighted by Gasteiger charge is -2.36. The number of ether oxygens (including phenoxy) is 2. The van der Waals surface area contributed by atoms with Gasteiger partial charge < -0.3 is 29.7 Å². The van der Waals surface area contributed by atoms with E-state index >= 15 is 0 Å². The first-order valence-corrected chi connectivity index (χ1v) is 11.9. The second-order valence-electron chi connectivity index (χ2n) is 8.14. The molecule has 0 unspecified atom stereocenters. The van der Waals surface area contributed by atoms with E-state index in [1.807, 2.05) is 22.8 Å². The number of halogens is 1. The fourth-order valence-corrected chi connectivity index (χ4v) is 5.03. The molecule has 10 heteroatoms. The van der Waals surface area contributed by atoms with E-state index in [-0.39, 0.29) is 19.3 Å². The predicted molar refractivity (Wildman–Crippen MR) is 129 cm³/mol. The van der Waals surface area contributed by atoms with Crippen LogP contribution in [0.5, 0.6) is 5.75 Å². The molecule has 1 atom stereocenters. The van der Waals surface area contributed by atoms with Crippen molar-refractivity contribution >= 4 is 39.4 Å². The second kappa shape index (κ2) is 9.57. The monoisotopic (exact) mass is 484 g/mol. The van der Waals surface area contributed by atoms with E-state index in [9.17, 15) is 14.3 Å². The number of para-hydroxylation sites is 1. The summed E-state index contributed by atoms with van der Waals surface area (Å²) in [5, 5.41) is 13.4. The highest BCUT2D eigenvalue weighted by atomic mass is 32.1. The number of fused-ring (bicyclic) bond motifs is 1. The Balaban J connectivity index is 1.41. The molecule has 0 spiro atoms. The predicted octanol–water partition coefficient (Wildman–Crippen LogP) is 3.57. The highest BCUT2D eigenvalue weighted by molar-refractivity contribution is 7.15. The molecule has 3 heterocycles. The smallest absolute Gasteiger partial charge is 0.259 e. The largest absolute Gasteiger partial charge is 0.488 e. The summed E-state index contributed by atoms with van der Waals surface area (Å²) in [5.41, 5.74) is 1.82. The molecule has 2 aliphatic heterocycles. The minimum Gasteiger partial charge on any atom is -0.488 e. The van der Waals surface area contributed by atoms with Gasteiger partial charge in [-0.3, -0.25) is 4.79 Å². The molecule has 0 bridgehead atoms. The van der Waals surface area contributed by atoms with Crippen molar-refractivity contribution in [3.8, 4) is 5.75 Å². The Morgan fingerprint density at radius 2 is 2.09 bits per heavy atom. The third-order valence-electron chi connectivity index (χ3n) is 5.87. The van der Waals surface area contributed by atoms with Crippen LogP contribution in [0.25, 0.3) is 0 Å². The van der Waals surface area contributed by atoms with E-state index in [0.717, 1.165) is 10.0 Å². The molecule has 0 saturated carbocycles. The normalized spacial score (nSPS) is 17.8. The number of anilines is 4. The van der Waals surface area contributed by atoms with Crippen LogP contribution in [0.2, 0.25) is 0 Å². The van der Waals surface area contributed by atoms with Crippen LogP contribution in [-0.2, 0) is 4.74 Å². The molecule has 3 aromatic rings. The van der Waals surface area contributed by atoms with E-state index in [2.05, 4.69) is 10.3 Å². The van der Waals surface area contributed by atoms with Crippen molar-refractivity contribution in [2.75, 3.05) is 54.6 Å². The van der Waals surface area contributed by atoms with Crippen LogP contribution in [0.1, 0.15) is 15.2 Å². The Morgan fingerprint density at radius 3 is 2.79 bits per heavy atom. The highest BCUT2D eigenvalue weighted by Crippen LogP contribution is 2.42. The first-order valence-electron chi connectivity index (χ1n) is 11.1. The van der Waals surface area contributed by atoms with Gasteiger partial charge in [0.2, 0.25) is 0 Å². The number of aliphatic hydroxyl groups is 1. The van der Waals surface area contributed by atoms with Crippen LogP contribution >= 0.6 is 11.3 Å². The van der Waals surface area contributed by atoms with Gasteiger partial charge in [-0.05, 0) is 37.3 Å². The highest BCUT2D eigenvalue weighted by Gasteiger charge is 2.33. The molecule has 8 nitrogen and oxygen atoms in total. The Kier molecular flexibility index (Phi) is 6.36. The average molecular weight is 485 g/mol. The van der Waals surface area contributed by atoms with Gasteiger partial charge in [-0.2, -0.15) is 0 Å². The number of benzene rings is 2. The summed E-state index contributed by atoms with van der Waals surface area (Å²) < 4.78 is 26.0. The van der Waals surface area contributed by atoms with Crippen LogP contribution in [0, 0.1) is 12.7 Å². The number of aromatic nitrogens is 1. The first kappa shape index (κ1) is 22.6. The third-order valence-corrected chi connectivity index (χ3v) is 6.78. The van der Waals surface area contributed by atoms with Gasteiger partial charge in [0.05, 0.1) is 42.8 Å². The number of carbonyl (C=O) groups is 1. The van der Waals surface area contributed by atoms with Gasteiger partial charge in [0.25, 0.3) is 5.91 Å². The number of rotatable bonds is 5. The van der Waals surface area contributed by atoms with Crippen molar-refractivity contribution in [2.45, 2.75) is 13.0 Å². The Hall–Kier alpha value is -3.21. The van der Waals surface area contributed by atoms with E-state index in [4.69, 9.17) is 9.47 Å². The van der Waals surface area contributed by atoms with Crippen LogP contribution in [0.3, 0.4) is 0 Å². The summed E-state index contributed by atoms with van der Waals surface area (Å²) in [6.07, 6.45) is 1.77. The van der Waals surface area contributed by atoms with Crippen molar-refractivity contribution < 1.29 is 23.8 Å². The number of thiazole rings is 1. The fraction of sp³-hybridized carbons (Fsp3) is 0.333. The van der Waals surface area contributed by atoms with Gasteiger partial charge in [-0.15, -0.1) is 11.3 Å². The number of carbonyl (C=O) groups excluding carboxylic acids is 1. The van der Waals surface area contributed by atoms with Crippen LogP contribution in [-0.4, -0.2) is 61.6 Å². The summed E-state index contributed by atoms with van der Waals surface area (Å²) in [4.78, 5) is 22.5. The quantitative estimate of drug-likeness (QED) is 0.573. The fourth-order valence-electron chi connectivity index (χ4n) is 4.19. The van der Waals surface area contributed by atoms with Gasteiger partial charge in [-0.25, -0.2) is 9.37 Å². The second-order valence-corrected chi connectivity index (χ2v) is 9.36. The molecule has 1 amide bonds. The van der Waals surface area contributed by atoms with Crippen molar-refractivity contribution in [2.24, 2.45) is 0 Å². The Bertz CT molecular complexity index is 1200. The summed E-state index contributed by atoms with van der Waals surface area (Å²) in [7, 11) is 0. The summed E-state index contributed by atoms with van der Waals surface area (Å²) in [6, 6.07) is 9.62. The molecule has 178 valence electrons. The van der Waals surface area contributed by atoms with E-state index in [1.165, 1.54) is 17.4 Å². The van der Waals surface area contributed by atoms with Gasteiger partial charge in [0.1, 0.15) is 12.4 Å². The zero-order chi connectivity index (χ0) is 23.7. The number of aliphatic hydroxyl groups excluding tert-OH is 1. The molecule has 2 N–H and O–H groups in total. The minimum atomic E-state index is -0.409. The number of aryl methyl sites for hydroxylation is 1. The summed E-state index contributed by atoms with van der Waals surface area (Å²) in [6.45, 7) is 4.42. The molecule has 2 aromatic carbocycles. The average Bonchev–Trinajstić information content (AvgIpc) is 3.29. The van der Waals surface area contributed by atoms with Gasteiger partial charge in [0.15, 0.2) is 10.9 Å². The molecule has 1 aromatic heterocycles. The zero-order valence-corrected chi connectivity index (χ0v) is 19.5. The molecule has 1 saturated heterocycles. The Morgan fingerprint density at radius 1 is 1.26 bits per heavy atom. The molecule has 5 rings (SSSR count). The number of hydrogen-bond donors (Lipinski definition) is 2. The lowest BCUT2D eigenvalue weighted by molar-refractivity contribution is 0.102. The van der Waals surface area contributed by atoms with E-state index in [1.54, 1.807) is 30.5 Å². The SMILES string of the molecule is Cc1cnc(N2c3cccc(C(=O)Nc4ccc(N5CCOCC5)c(F)c4)c3OC[C@@H]2CO)s1. The maximum absolute atomic E-state index is 14.8. The van der Waals surface area contributed by atoms with Crippen LogP contribution in [0.15, 0.2) is 42.6 Å². The first-order chi connectivity index (χ1) is 16.5. The van der Waals surface area contributed by atoms with Gasteiger partial charge >= 0.3 is 0 Å². The maximum Gasteiger partial charge on any atom is 0.259 e. The lowest BCUT2D eigenvalue weighted by atomic mass is 10.1. The molecule has 0 aliphatic carbocycles. The van der Waals surface area contributed by atoms with Crippen molar-refractivity contribution in [1.29, 1.82) is 0 Å². The van der Waals surface area contributed by atoms with Crippen molar-refractivity contribution in [3.05, 3.63) is 58.9 Å². The molecule has 34 heavy (non-hydrogen) atoms. The summed E-state index contributed by atoms with van der Waals surface area (Å²) in [5.74, 6) is -0.404. The minimum absolute atomic E-state index is 0.122. The standard InChI is InChI=1S/C24H25FN4O4S/c1-15-12-26-24(34-15)29-17(13-30)14-33-22-18(3-2-4-21(22)29)23(31)27-16-5-6-20(19(25)11-16)28-7-9-32-10-8-28/h2-6,11-12,17,30H,7-10,13-14H2,1H3,(H,27,31)/t17-/m0/s1. The lowest BCUT2D eigenvalue weighted by Crippen LogP contribution is -2.43. The van der Waals surface area contributed by atoms with Gasteiger partial charge in [0, 0.05) is 29.9 Å². The van der Waals surface area contributed by atoms with Gasteiger partial charge in [-0.1, -0.05) is 6.07 Å². The van der Waals surface area contributed by atoms with E-state index in [0.29, 0.717) is 54.7 Å². The molecule has 0 radical (unpaired) electrons. The number of nitrogens with one attached hydrogen (secondary N) is 1. The molecular weight excluding hydrogens is 459 g/mol. The topological polar surface area (TPSA) is 87.2 Å². The Labute approximate surface area is 200 Å². The third kappa shape index (κ3) is 4.31. The van der Waals surface area contributed by atoms with Crippen molar-refractivity contribution in [3.63, 3.8) is 0 Å². The molecule has 1 fully saturated rings. The zero-order valence-electron chi connectivity index (χ0n) is 18.7. The maximum atomic E-state index is 14.8. The molecular formula is C24H25FN4O4S. The number of hydrogen-bond acceptors (Lipinski definition) is 8. The molecule has 2 aliphatic rings. The number of amides is 1. The number of nitrogens with zero attached hydrogens (tertiary/aromatic N) is 3. The van der Waals surface area contributed by atoms with Crippen LogP contribution in [0.4, 0.5) is 26.6 Å². The van der Waals surface area contributed by atoms with E-state index < -0.39 is 11.7 Å². The summed E-state index contributed by atoms with van der Waals surface area (Å²) >= 11 is 1.50. The van der Waals surface area contributed by atoms with Crippen LogP contribution < -0.4 is 19.9 Å². The number of morpholine rings is 1. The van der Waals surface area contributed by atoms with Crippen molar-refractivity contribution in [1.82, 2.24) is 4.98 Å².